The maximum atomic E-state index is 5.24. The largest absolute Gasteiger partial charge is 0.497 e. The van der Waals surface area contributed by atoms with Gasteiger partial charge in [-0.25, -0.2) is 4.68 Å². The number of nitrogens with one attached hydrogen (secondary N) is 1. The van der Waals surface area contributed by atoms with E-state index < -0.39 is 0 Å². The fourth-order valence-corrected chi connectivity index (χ4v) is 3.65. The minimum absolute atomic E-state index is 0.126. The van der Waals surface area contributed by atoms with Crippen LogP contribution in [0.3, 0.4) is 0 Å². The summed E-state index contributed by atoms with van der Waals surface area (Å²) in [6.45, 7) is 6.64. The second kappa shape index (κ2) is 6.78. The molecule has 0 saturated carbocycles. The fraction of sp³-hybridized carbons (Fsp3) is 0.238. The third kappa shape index (κ3) is 3.45. The number of thioether (sulfide) groups is 1. The molecule has 1 aromatic heterocycles. The third-order valence-corrected chi connectivity index (χ3v) is 5.39. The Morgan fingerprint density at radius 2 is 1.59 bits per heavy atom. The summed E-state index contributed by atoms with van der Waals surface area (Å²) in [4.78, 5) is 0. The van der Waals surface area contributed by atoms with Crippen LogP contribution in [0.2, 0.25) is 0 Å². The van der Waals surface area contributed by atoms with Crippen molar-refractivity contribution in [1.29, 1.82) is 0 Å². The van der Waals surface area contributed by atoms with Gasteiger partial charge in [0.2, 0.25) is 5.16 Å². The average Bonchev–Trinajstić information content (AvgIpc) is 3.10. The Balaban J connectivity index is 1.63. The molecule has 1 N–H and O–H groups in total. The molecule has 3 aromatic rings. The number of ether oxygens (including phenoxy) is 1. The van der Waals surface area contributed by atoms with Crippen molar-refractivity contribution >= 4 is 17.5 Å². The van der Waals surface area contributed by atoms with Crippen LogP contribution >= 0.6 is 11.8 Å². The Morgan fingerprint density at radius 3 is 2.22 bits per heavy atom. The molecule has 2 aromatic carbocycles. The van der Waals surface area contributed by atoms with Crippen LogP contribution in [-0.2, 0) is 5.41 Å². The number of benzene rings is 2. The zero-order chi connectivity index (χ0) is 19.0. The first-order valence-corrected chi connectivity index (χ1v) is 9.68. The number of rotatable bonds is 3. The minimum Gasteiger partial charge on any atom is -0.497 e. The van der Waals surface area contributed by atoms with E-state index in [1.807, 2.05) is 28.9 Å². The number of fused-ring (bicyclic) bond motifs is 1. The summed E-state index contributed by atoms with van der Waals surface area (Å²) in [6.07, 6.45) is 0. The monoisotopic (exact) mass is 378 g/mol. The molecular formula is C21H22N4OS. The Labute approximate surface area is 163 Å². The van der Waals surface area contributed by atoms with Gasteiger partial charge in [-0.15, -0.1) is 10.2 Å². The van der Waals surface area contributed by atoms with Crippen LogP contribution in [0.15, 0.2) is 59.1 Å². The summed E-state index contributed by atoms with van der Waals surface area (Å²) in [6, 6.07) is 16.5. The van der Waals surface area contributed by atoms with Gasteiger partial charge in [-0.3, -0.25) is 5.43 Å². The van der Waals surface area contributed by atoms with Crippen LogP contribution in [0, 0.1) is 0 Å². The lowest BCUT2D eigenvalue weighted by atomic mass is 9.87. The molecule has 4 rings (SSSR count). The quantitative estimate of drug-likeness (QED) is 0.702. The topological polar surface area (TPSA) is 52.0 Å². The number of hydrogen-bond donors (Lipinski definition) is 1. The molecule has 0 unspecified atom stereocenters. The lowest BCUT2D eigenvalue weighted by Crippen LogP contribution is -2.18. The molecule has 0 saturated heterocycles. The smallest absolute Gasteiger partial charge is 0.214 e. The Morgan fingerprint density at radius 1 is 0.926 bits per heavy atom. The summed E-state index contributed by atoms with van der Waals surface area (Å²) < 4.78 is 7.18. The van der Waals surface area contributed by atoms with Crippen molar-refractivity contribution < 1.29 is 4.74 Å². The van der Waals surface area contributed by atoms with Crippen LogP contribution < -0.4 is 10.2 Å². The van der Waals surface area contributed by atoms with Gasteiger partial charge in [0, 0.05) is 16.5 Å². The van der Waals surface area contributed by atoms with Crippen LogP contribution in [0.4, 0.5) is 0 Å². The lowest BCUT2D eigenvalue weighted by Gasteiger charge is -2.20. The second-order valence-electron chi connectivity index (χ2n) is 7.46. The highest BCUT2D eigenvalue weighted by Gasteiger charge is 2.20. The van der Waals surface area contributed by atoms with Gasteiger partial charge < -0.3 is 4.74 Å². The maximum absolute atomic E-state index is 5.24. The molecule has 0 amide bonds. The van der Waals surface area contributed by atoms with E-state index in [2.05, 4.69) is 66.1 Å². The highest BCUT2D eigenvalue weighted by atomic mass is 32.2. The molecule has 2 heterocycles. The highest BCUT2D eigenvalue weighted by molar-refractivity contribution is 8.02. The summed E-state index contributed by atoms with van der Waals surface area (Å²) >= 11 is 1.56. The predicted octanol–water partition coefficient (Wildman–Crippen LogP) is 4.90. The molecular weight excluding hydrogens is 356 g/mol. The van der Waals surface area contributed by atoms with Crippen LogP contribution in [0.25, 0.3) is 17.1 Å². The first kappa shape index (κ1) is 17.7. The maximum Gasteiger partial charge on any atom is 0.214 e. The van der Waals surface area contributed by atoms with E-state index in [9.17, 15) is 0 Å². The van der Waals surface area contributed by atoms with E-state index in [0.29, 0.717) is 0 Å². The van der Waals surface area contributed by atoms with Gasteiger partial charge in [0.1, 0.15) is 5.75 Å². The van der Waals surface area contributed by atoms with Gasteiger partial charge in [0.05, 0.1) is 12.8 Å². The zero-order valence-electron chi connectivity index (χ0n) is 15.9. The van der Waals surface area contributed by atoms with Gasteiger partial charge in [0.25, 0.3) is 0 Å². The summed E-state index contributed by atoms with van der Waals surface area (Å²) in [5, 5.41) is 11.6. The van der Waals surface area contributed by atoms with E-state index in [4.69, 9.17) is 4.74 Å². The Kier molecular flexibility index (Phi) is 4.44. The van der Waals surface area contributed by atoms with Crippen LogP contribution in [0.5, 0.6) is 5.75 Å². The summed E-state index contributed by atoms with van der Waals surface area (Å²) in [7, 11) is 1.67. The lowest BCUT2D eigenvalue weighted by molar-refractivity contribution is 0.415. The molecule has 1 aliphatic heterocycles. The van der Waals surface area contributed by atoms with E-state index >= 15 is 0 Å². The van der Waals surface area contributed by atoms with Gasteiger partial charge in [-0.1, -0.05) is 56.8 Å². The number of methoxy groups -OCH3 is 1. The van der Waals surface area contributed by atoms with Crippen molar-refractivity contribution in [2.24, 2.45) is 0 Å². The molecule has 5 nitrogen and oxygen atoms in total. The first-order valence-electron chi connectivity index (χ1n) is 8.80. The SMILES string of the molecule is COc1ccc(C2=CSc3nnc(-c4ccc(C(C)(C)C)cc4)n3N2)cc1. The second-order valence-corrected chi connectivity index (χ2v) is 8.30. The number of hydrogen-bond acceptors (Lipinski definition) is 5. The first-order chi connectivity index (χ1) is 13.0. The van der Waals surface area contributed by atoms with Gasteiger partial charge in [0.15, 0.2) is 5.82 Å². The van der Waals surface area contributed by atoms with Crippen molar-refractivity contribution in [2.45, 2.75) is 31.3 Å². The van der Waals surface area contributed by atoms with Crippen molar-refractivity contribution in [3.63, 3.8) is 0 Å². The molecule has 0 spiro atoms. The summed E-state index contributed by atoms with van der Waals surface area (Å²) in [5.41, 5.74) is 7.97. The Hall–Kier alpha value is -2.73. The minimum atomic E-state index is 0.126. The van der Waals surface area contributed by atoms with E-state index in [0.717, 1.165) is 33.6 Å². The molecule has 138 valence electrons. The number of nitrogens with zero attached hydrogens (tertiary/aromatic N) is 3. The molecule has 0 fully saturated rings. The van der Waals surface area contributed by atoms with Gasteiger partial charge in [-0.05, 0) is 35.2 Å². The van der Waals surface area contributed by atoms with Gasteiger partial charge in [-0.2, -0.15) is 0 Å². The highest BCUT2D eigenvalue weighted by Crippen LogP contribution is 2.32. The molecule has 27 heavy (non-hydrogen) atoms. The van der Waals surface area contributed by atoms with Crippen LogP contribution in [0.1, 0.15) is 31.9 Å². The number of aromatic nitrogens is 3. The van der Waals surface area contributed by atoms with Crippen molar-refractivity contribution in [3.05, 3.63) is 65.1 Å². The molecule has 0 aliphatic carbocycles. The average molecular weight is 379 g/mol. The molecule has 1 aliphatic rings. The van der Waals surface area contributed by atoms with E-state index in [-0.39, 0.29) is 5.41 Å². The summed E-state index contributed by atoms with van der Waals surface area (Å²) in [5.74, 6) is 1.64. The Bertz CT molecular complexity index is 983. The zero-order valence-corrected chi connectivity index (χ0v) is 16.7. The van der Waals surface area contributed by atoms with Crippen molar-refractivity contribution in [1.82, 2.24) is 14.9 Å². The molecule has 0 bridgehead atoms. The fourth-order valence-electron chi connectivity index (χ4n) is 2.91. The third-order valence-electron chi connectivity index (χ3n) is 4.56. The molecule has 6 heteroatoms. The normalized spacial score (nSPS) is 13.6. The van der Waals surface area contributed by atoms with E-state index in [1.165, 1.54) is 5.56 Å². The van der Waals surface area contributed by atoms with Crippen molar-refractivity contribution in [2.75, 3.05) is 12.5 Å². The van der Waals surface area contributed by atoms with Crippen molar-refractivity contribution in [3.8, 4) is 17.1 Å². The molecule has 0 radical (unpaired) electrons. The standard InChI is InChI=1S/C21H22N4OS/c1-21(2,3)16-9-5-15(6-10-16)19-22-23-20-25(19)24-18(13-27-20)14-7-11-17(26-4)12-8-14/h5-13,24H,1-4H3. The van der Waals surface area contributed by atoms with Crippen LogP contribution in [-0.4, -0.2) is 22.0 Å². The van der Waals surface area contributed by atoms with Gasteiger partial charge >= 0.3 is 0 Å². The molecule has 0 atom stereocenters. The van der Waals surface area contributed by atoms with E-state index in [1.54, 1.807) is 18.9 Å². The predicted molar refractivity (Wildman–Crippen MR) is 110 cm³/mol.